The van der Waals surface area contributed by atoms with Crippen LogP contribution < -0.4 is 0 Å². The lowest BCUT2D eigenvalue weighted by Crippen LogP contribution is -2.35. The topological polar surface area (TPSA) is 31.9 Å². The summed E-state index contributed by atoms with van der Waals surface area (Å²) in [5, 5.41) is 1.40. The molecule has 1 saturated heterocycles. The minimum atomic E-state index is 0.463. The van der Waals surface area contributed by atoms with Gasteiger partial charge in [-0.05, 0) is 92.4 Å². The van der Waals surface area contributed by atoms with Crippen LogP contribution in [0, 0.1) is 19.8 Å². The third-order valence-corrected chi connectivity index (χ3v) is 6.63. The Balaban J connectivity index is 1.70. The van der Waals surface area contributed by atoms with Gasteiger partial charge in [0.1, 0.15) is 0 Å². The lowest BCUT2D eigenvalue weighted by atomic mass is 9.87. The van der Waals surface area contributed by atoms with Crippen LogP contribution in [0.5, 0.6) is 0 Å². The zero-order valence-electron chi connectivity index (χ0n) is 19.5. The molecule has 30 heavy (non-hydrogen) atoms. The largest absolute Gasteiger partial charge is 0.354 e. The van der Waals surface area contributed by atoms with Gasteiger partial charge in [0, 0.05) is 34.9 Å². The van der Waals surface area contributed by atoms with E-state index in [9.17, 15) is 0 Å². The van der Waals surface area contributed by atoms with E-state index < -0.39 is 0 Å². The number of nitrogens with one attached hydrogen (secondary N) is 1. The number of H-pyrrole nitrogens is 1. The van der Waals surface area contributed by atoms with Crippen molar-refractivity contribution in [3.8, 4) is 11.3 Å². The summed E-state index contributed by atoms with van der Waals surface area (Å²) in [4.78, 5) is 10.9. The van der Waals surface area contributed by atoms with Gasteiger partial charge in [0.05, 0.1) is 5.69 Å². The van der Waals surface area contributed by atoms with Gasteiger partial charge < -0.3 is 9.88 Å². The number of fused-ring (bicyclic) bond motifs is 1. The normalized spacial score (nSPS) is 16.3. The summed E-state index contributed by atoms with van der Waals surface area (Å²) in [6.45, 7) is 17.2. The Morgan fingerprint density at radius 1 is 1.07 bits per heavy atom. The molecular formula is C27H37N3. The fourth-order valence-corrected chi connectivity index (χ4v) is 5.16. The Morgan fingerprint density at radius 3 is 2.47 bits per heavy atom. The molecular weight excluding hydrogens is 366 g/mol. The van der Waals surface area contributed by atoms with Crippen LogP contribution in [0.15, 0.2) is 30.5 Å². The SMILES string of the molecule is Cc1cc(-c2[nH]c3ccc(C4CCN(CC(C)C)CC4)cc3c2C(C)C)c(C)cn1. The molecule has 3 heteroatoms. The average molecular weight is 404 g/mol. The van der Waals surface area contributed by atoms with E-state index >= 15 is 0 Å². The summed E-state index contributed by atoms with van der Waals surface area (Å²) in [5.41, 5.74) is 9.06. The van der Waals surface area contributed by atoms with E-state index in [1.807, 2.05) is 6.20 Å². The molecule has 0 radical (unpaired) electrons. The first-order valence-corrected chi connectivity index (χ1v) is 11.6. The van der Waals surface area contributed by atoms with Crippen molar-refractivity contribution < 1.29 is 0 Å². The maximum Gasteiger partial charge on any atom is 0.0503 e. The minimum absolute atomic E-state index is 0.463. The molecule has 1 aromatic carbocycles. The van der Waals surface area contributed by atoms with Crippen molar-refractivity contribution >= 4 is 10.9 Å². The lowest BCUT2D eigenvalue weighted by Gasteiger charge is -2.33. The maximum absolute atomic E-state index is 4.47. The van der Waals surface area contributed by atoms with Gasteiger partial charge in [-0.25, -0.2) is 0 Å². The number of aromatic amines is 1. The van der Waals surface area contributed by atoms with Crippen LogP contribution in [0.4, 0.5) is 0 Å². The number of aryl methyl sites for hydroxylation is 2. The van der Waals surface area contributed by atoms with Gasteiger partial charge >= 0.3 is 0 Å². The number of nitrogens with zero attached hydrogens (tertiary/aromatic N) is 2. The predicted molar refractivity (Wildman–Crippen MR) is 128 cm³/mol. The highest BCUT2D eigenvalue weighted by atomic mass is 15.1. The quantitative estimate of drug-likeness (QED) is 0.508. The van der Waals surface area contributed by atoms with Crippen LogP contribution in [0.2, 0.25) is 0 Å². The summed E-state index contributed by atoms with van der Waals surface area (Å²) < 4.78 is 0. The van der Waals surface area contributed by atoms with Crippen molar-refractivity contribution in [2.24, 2.45) is 5.92 Å². The number of rotatable bonds is 5. The van der Waals surface area contributed by atoms with E-state index in [0.29, 0.717) is 11.8 Å². The van der Waals surface area contributed by atoms with E-state index in [-0.39, 0.29) is 0 Å². The van der Waals surface area contributed by atoms with Gasteiger partial charge in [0.15, 0.2) is 0 Å². The number of pyridine rings is 1. The molecule has 3 nitrogen and oxygen atoms in total. The summed E-state index contributed by atoms with van der Waals surface area (Å²) in [6.07, 6.45) is 4.54. The standard InChI is InChI=1S/C27H37N3/c1-17(2)16-30-11-9-21(10-12-30)22-7-8-25-24(14-22)26(18(3)4)27(29-25)23-13-20(6)28-15-19(23)5/h7-8,13-15,17-18,21,29H,9-12,16H2,1-6H3. The fourth-order valence-electron chi connectivity index (χ4n) is 5.16. The number of piperidine rings is 1. The van der Waals surface area contributed by atoms with Crippen molar-refractivity contribution in [2.75, 3.05) is 19.6 Å². The van der Waals surface area contributed by atoms with Crippen molar-refractivity contribution in [3.05, 3.63) is 52.8 Å². The molecule has 160 valence electrons. The highest BCUT2D eigenvalue weighted by molar-refractivity contribution is 5.92. The molecule has 1 aliphatic heterocycles. The van der Waals surface area contributed by atoms with E-state index in [1.54, 1.807) is 0 Å². The molecule has 0 spiro atoms. The number of benzene rings is 1. The smallest absolute Gasteiger partial charge is 0.0503 e. The highest BCUT2D eigenvalue weighted by Crippen LogP contribution is 2.39. The van der Waals surface area contributed by atoms with Crippen LogP contribution in [0.1, 0.15) is 74.8 Å². The first-order valence-electron chi connectivity index (χ1n) is 11.6. The van der Waals surface area contributed by atoms with E-state index in [2.05, 4.69) is 80.7 Å². The number of aromatic nitrogens is 2. The third kappa shape index (κ3) is 4.18. The number of hydrogen-bond donors (Lipinski definition) is 1. The monoisotopic (exact) mass is 403 g/mol. The summed E-state index contributed by atoms with van der Waals surface area (Å²) in [7, 11) is 0. The third-order valence-electron chi connectivity index (χ3n) is 6.63. The van der Waals surface area contributed by atoms with Gasteiger partial charge in [0.25, 0.3) is 0 Å². The molecule has 1 N–H and O–H groups in total. The van der Waals surface area contributed by atoms with Crippen molar-refractivity contribution in [3.63, 3.8) is 0 Å². The van der Waals surface area contributed by atoms with E-state index in [0.717, 1.165) is 11.6 Å². The maximum atomic E-state index is 4.47. The van der Waals surface area contributed by atoms with E-state index in [4.69, 9.17) is 0 Å². The highest BCUT2D eigenvalue weighted by Gasteiger charge is 2.23. The molecule has 0 atom stereocenters. The van der Waals surface area contributed by atoms with Crippen LogP contribution >= 0.6 is 0 Å². The second-order valence-electron chi connectivity index (χ2n) is 9.98. The fraction of sp³-hybridized carbons (Fsp3) is 0.519. The molecule has 0 amide bonds. The van der Waals surface area contributed by atoms with Gasteiger partial charge in [-0.2, -0.15) is 0 Å². The van der Waals surface area contributed by atoms with Gasteiger partial charge in [-0.1, -0.05) is 33.8 Å². The zero-order valence-corrected chi connectivity index (χ0v) is 19.5. The Labute approximate surface area is 181 Å². The first kappa shape index (κ1) is 21.1. The van der Waals surface area contributed by atoms with Crippen molar-refractivity contribution in [1.29, 1.82) is 0 Å². The molecule has 3 heterocycles. The number of hydrogen-bond acceptors (Lipinski definition) is 2. The molecule has 4 rings (SSSR count). The van der Waals surface area contributed by atoms with Crippen LogP contribution in [0.3, 0.4) is 0 Å². The Morgan fingerprint density at radius 2 is 1.80 bits per heavy atom. The minimum Gasteiger partial charge on any atom is -0.354 e. The van der Waals surface area contributed by atoms with Crippen LogP contribution in [0.25, 0.3) is 22.2 Å². The zero-order chi connectivity index (χ0) is 21.4. The molecule has 0 bridgehead atoms. The molecule has 2 aromatic heterocycles. The summed E-state index contributed by atoms with van der Waals surface area (Å²) in [6, 6.07) is 9.37. The predicted octanol–water partition coefficient (Wildman–Crippen LogP) is 6.81. The lowest BCUT2D eigenvalue weighted by molar-refractivity contribution is 0.192. The second kappa shape index (κ2) is 8.55. The summed E-state index contributed by atoms with van der Waals surface area (Å²) >= 11 is 0. The van der Waals surface area contributed by atoms with Crippen molar-refractivity contribution in [1.82, 2.24) is 14.9 Å². The second-order valence-corrected chi connectivity index (χ2v) is 9.98. The molecule has 3 aromatic rings. The molecule has 0 saturated carbocycles. The average Bonchev–Trinajstić information content (AvgIpc) is 3.08. The Hall–Kier alpha value is -2.13. The van der Waals surface area contributed by atoms with Gasteiger partial charge in [-0.3, -0.25) is 4.98 Å². The van der Waals surface area contributed by atoms with Gasteiger partial charge in [-0.15, -0.1) is 0 Å². The van der Waals surface area contributed by atoms with Crippen LogP contribution in [-0.2, 0) is 0 Å². The first-order chi connectivity index (χ1) is 14.3. The molecule has 0 unspecified atom stereocenters. The molecule has 1 fully saturated rings. The Kier molecular flexibility index (Phi) is 6.02. The molecule has 1 aliphatic rings. The Bertz CT molecular complexity index is 1020. The van der Waals surface area contributed by atoms with Gasteiger partial charge in [0.2, 0.25) is 0 Å². The number of likely N-dealkylation sites (tertiary alicyclic amines) is 1. The van der Waals surface area contributed by atoms with E-state index in [1.165, 1.54) is 71.3 Å². The molecule has 0 aliphatic carbocycles. The summed E-state index contributed by atoms with van der Waals surface area (Å²) in [5.74, 6) is 1.90. The van der Waals surface area contributed by atoms with Crippen molar-refractivity contribution in [2.45, 2.75) is 66.2 Å². The van der Waals surface area contributed by atoms with Crippen LogP contribution in [-0.4, -0.2) is 34.5 Å².